The Bertz CT molecular complexity index is 1130. The molecule has 0 saturated carbocycles. The molecule has 4 aromatic rings. The molecular formula is C20H20N4OS2. The van der Waals surface area contributed by atoms with Crippen LogP contribution in [0.3, 0.4) is 0 Å². The summed E-state index contributed by atoms with van der Waals surface area (Å²) in [6, 6.07) is 8.07. The Morgan fingerprint density at radius 2 is 1.89 bits per heavy atom. The number of hydrogen-bond donors (Lipinski definition) is 0. The standard InChI is InChI=1S/C20H20N4OS2/c1-10-7-6-8-15(9-10)18-24-23-17(25-18)13(4)27-20-16-11(2)12(3)26-19(16)21-14(5)22-20/h6-9,13H,1-5H3. The Labute approximate surface area is 166 Å². The Morgan fingerprint density at radius 1 is 1.07 bits per heavy atom. The summed E-state index contributed by atoms with van der Waals surface area (Å²) in [6.07, 6.45) is 0. The van der Waals surface area contributed by atoms with Crippen molar-refractivity contribution in [1.29, 1.82) is 0 Å². The van der Waals surface area contributed by atoms with Crippen LogP contribution in [-0.2, 0) is 0 Å². The van der Waals surface area contributed by atoms with Crippen LogP contribution in [-0.4, -0.2) is 20.2 Å². The van der Waals surface area contributed by atoms with Gasteiger partial charge in [-0.3, -0.25) is 0 Å². The highest BCUT2D eigenvalue weighted by molar-refractivity contribution is 7.99. The second-order valence-corrected chi connectivity index (χ2v) is 9.15. The van der Waals surface area contributed by atoms with Crippen LogP contribution in [0.15, 0.2) is 33.7 Å². The van der Waals surface area contributed by atoms with Crippen LogP contribution in [0.4, 0.5) is 0 Å². The van der Waals surface area contributed by atoms with E-state index in [9.17, 15) is 0 Å². The Hall–Kier alpha value is -2.25. The predicted octanol–water partition coefficient (Wildman–Crippen LogP) is 5.83. The Balaban J connectivity index is 1.65. The van der Waals surface area contributed by atoms with Crippen molar-refractivity contribution >= 4 is 33.3 Å². The van der Waals surface area contributed by atoms with Crippen LogP contribution in [0.2, 0.25) is 0 Å². The topological polar surface area (TPSA) is 64.7 Å². The number of thiophene rings is 1. The molecule has 0 saturated heterocycles. The molecule has 3 heterocycles. The minimum absolute atomic E-state index is 0.00633. The molecule has 0 N–H and O–H groups in total. The van der Waals surface area contributed by atoms with Gasteiger partial charge in [0.1, 0.15) is 15.7 Å². The molecule has 0 aliphatic heterocycles. The average molecular weight is 397 g/mol. The van der Waals surface area contributed by atoms with E-state index in [1.54, 1.807) is 23.1 Å². The van der Waals surface area contributed by atoms with Crippen molar-refractivity contribution in [2.75, 3.05) is 0 Å². The van der Waals surface area contributed by atoms with Crippen LogP contribution in [0.25, 0.3) is 21.7 Å². The minimum atomic E-state index is -0.00633. The van der Waals surface area contributed by atoms with Gasteiger partial charge in [0.2, 0.25) is 11.8 Å². The summed E-state index contributed by atoms with van der Waals surface area (Å²) in [5.41, 5.74) is 3.35. The fourth-order valence-electron chi connectivity index (χ4n) is 2.91. The lowest BCUT2D eigenvalue weighted by molar-refractivity contribution is 0.509. The van der Waals surface area contributed by atoms with Crippen molar-refractivity contribution in [3.05, 3.63) is 52.0 Å². The first-order valence-corrected chi connectivity index (χ1v) is 10.4. The molecule has 0 radical (unpaired) electrons. The molecule has 0 aliphatic rings. The first-order chi connectivity index (χ1) is 12.9. The summed E-state index contributed by atoms with van der Waals surface area (Å²) >= 11 is 3.36. The molecule has 7 heteroatoms. The summed E-state index contributed by atoms with van der Waals surface area (Å²) in [7, 11) is 0. The lowest BCUT2D eigenvalue weighted by Gasteiger charge is -2.08. The zero-order valence-corrected chi connectivity index (χ0v) is 17.5. The maximum absolute atomic E-state index is 5.95. The molecule has 0 aliphatic carbocycles. The van der Waals surface area contributed by atoms with Crippen molar-refractivity contribution < 1.29 is 4.42 Å². The molecule has 5 nitrogen and oxygen atoms in total. The van der Waals surface area contributed by atoms with Gasteiger partial charge in [0.05, 0.1) is 5.25 Å². The molecule has 0 spiro atoms. The summed E-state index contributed by atoms with van der Waals surface area (Å²) in [5.74, 6) is 1.93. The van der Waals surface area contributed by atoms with E-state index in [0.717, 1.165) is 32.2 Å². The summed E-state index contributed by atoms with van der Waals surface area (Å²) in [6.45, 7) is 10.3. The van der Waals surface area contributed by atoms with Gasteiger partial charge < -0.3 is 4.42 Å². The highest BCUT2D eigenvalue weighted by Gasteiger charge is 2.21. The van der Waals surface area contributed by atoms with Gasteiger partial charge in [0, 0.05) is 15.8 Å². The van der Waals surface area contributed by atoms with Crippen LogP contribution in [0, 0.1) is 27.7 Å². The summed E-state index contributed by atoms with van der Waals surface area (Å²) in [5, 5.41) is 10.6. The first kappa shape index (κ1) is 18.1. The van der Waals surface area contributed by atoms with Crippen LogP contribution in [0.1, 0.15) is 39.9 Å². The van der Waals surface area contributed by atoms with Crippen LogP contribution >= 0.6 is 23.1 Å². The largest absolute Gasteiger partial charge is 0.419 e. The van der Waals surface area contributed by atoms with E-state index in [2.05, 4.69) is 40.9 Å². The Morgan fingerprint density at radius 3 is 2.67 bits per heavy atom. The maximum atomic E-state index is 5.95. The van der Waals surface area contributed by atoms with E-state index in [0.29, 0.717) is 11.8 Å². The number of hydrogen-bond acceptors (Lipinski definition) is 7. The maximum Gasteiger partial charge on any atom is 0.247 e. The number of benzene rings is 1. The number of rotatable bonds is 4. The third-order valence-corrected chi connectivity index (χ3v) is 6.62. The van der Waals surface area contributed by atoms with Crippen molar-refractivity contribution in [3.8, 4) is 11.5 Å². The van der Waals surface area contributed by atoms with Gasteiger partial charge in [0.25, 0.3) is 0 Å². The molecule has 1 aromatic carbocycles. The van der Waals surface area contributed by atoms with Crippen molar-refractivity contribution in [1.82, 2.24) is 20.2 Å². The van der Waals surface area contributed by atoms with E-state index >= 15 is 0 Å². The lowest BCUT2D eigenvalue weighted by Crippen LogP contribution is -1.95. The van der Waals surface area contributed by atoms with E-state index in [4.69, 9.17) is 4.42 Å². The number of aryl methyl sites for hydroxylation is 4. The van der Waals surface area contributed by atoms with Crippen LogP contribution in [0.5, 0.6) is 0 Å². The van der Waals surface area contributed by atoms with Gasteiger partial charge in [-0.1, -0.05) is 29.5 Å². The Kier molecular flexibility index (Phi) is 4.74. The van der Waals surface area contributed by atoms with E-state index in [1.165, 1.54) is 10.4 Å². The molecule has 27 heavy (non-hydrogen) atoms. The van der Waals surface area contributed by atoms with Crippen LogP contribution < -0.4 is 0 Å². The molecule has 0 bridgehead atoms. The normalized spacial score (nSPS) is 12.6. The first-order valence-electron chi connectivity index (χ1n) is 8.74. The van der Waals surface area contributed by atoms with Gasteiger partial charge in [0.15, 0.2) is 0 Å². The number of aromatic nitrogens is 4. The van der Waals surface area contributed by atoms with Crippen molar-refractivity contribution in [3.63, 3.8) is 0 Å². The number of thioether (sulfide) groups is 1. The summed E-state index contributed by atoms with van der Waals surface area (Å²) < 4.78 is 5.95. The molecule has 1 atom stereocenters. The second kappa shape index (κ2) is 7.05. The molecule has 0 fully saturated rings. The molecular weight excluding hydrogens is 376 g/mol. The highest BCUT2D eigenvalue weighted by Crippen LogP contribution is 2.41. The fourth-order valence-corrected chi connectivity index (χ4v) is 5.13. The predicted molar refractivity (Wildman–Crippen MR) is 110 cm³/mol. The van der Waals surface area contributed by atoms with Crippen molar-refractivity contribution in [2.24, 2.45) is 0 Å². The smallest absolute Gasteiger partial charge is 0.247 e. The SMILES string of the molecule is Cc1cccc(-c2nnc(C(C)Sc3nc(C)nc4sc(C)c(C)c34)o2)c1. The summed E-state index contributed by atoms with van der Waals surface area (Å²) in [4.78, 5) is 11.6. The molecule has 1 unspecified atom stereocenters. The van der Waals surface area contributed by atoms with Gasteiger partial charge in [-0.2, -0.15) is 0 Å². The zero-order chi connectivity index (χ0) is 19.1. The highest BCUT2D eigenvalue weighted by atomic mass is 32.2. The van der Waals surface area contributed by atoms with Gasteiger partial charge in [-0.05, 0) is 52.3 Å². The van der Waals surface area contributed by atoms with E-state index in [1.807, 2.05) is 38.1 Å². The molecule has 0 amide bonds. The second-order valence-electron chi connectivity index (χ2n) is 6.61. The average Bonchev–Trinajstić information content (AvgIpc) is 3.21. The van der Waals surface area contributed by atoms with Gasteiger partial charge in [-0.25, -0.2) is 9.97 Å². The minimum Gasteiger partial charge on any atom is -0.419 e. The molecule has 3 aromatic heterocycles. The lowest BCUT2D eigenvalue weighted by atomic mass is 10.1. The molecule has 4 rings (SSSR count). The number of fused-ring (bicyclic) bond motifs is 1. The fraction of sp³-hybridized carbons (Fsp3) is 0.300. The third kappa shape index (κ3) is 3.49. The quantitative estimate of drug-likeness (QED) is 0.319. The van der Waals surface area contributed by atoms with E-state index in [-0.39, 0.29) is 5.25 Å². The monoisotopic (exact) mass is 396 g/mol. The van der Waals surface area contributed by atoms with Crippen molar-refractivity contribution in [2.45, 2.75) is 44.9 Å². The zero-order valence-electron chi connectivity index (χ0n) is 15.9. The van der Waals surface area contributed by atoms with Gasteiger partial charge >= 0.3 is 0 Å². The number of nitrogens with zero attached hydrogens (tertiary/aromatic N) is 4. The van der Waals surface area contributed by atoms with E-state index < -0.39 is 0 Å². The van der Waals surface area contributed by atoms with Gasteiger partial charge in [-0.15, -0.1) is 21.5 Å². The molecule has 138 valence electrons. The third-order valence-electron chi connectivity index (χ3n) is 4.45.